The fourth-order valence-corrected chi connectivity index (χ4v) is 1.79. The fourth-order valence-electron chi connectivity index (χ4n) is 1.19. The Morgan fingerprint density at radius 2 is 2.00 bits per heavy atom. The van der Waals surface area contributed by atoms with Gasteiger partial charge in [-0.2, -0.15) is 4.98 Å². The number of nitrogens with zero attached hydrogens (tertiary/aromatic N) is 2. The second kappa shape index (κ2) is 5.49. The first kappa shape index (κ1) is 13.0. The number of aromatic nitrogens is 2. The zero-order valence-corrected chi connectivity index (χ0v) is 10.7. The molecule has 0 fully saturated rings. The van der Waals surface area contributed by atoms with Crippen LogP contribution in [0.25, 0.3) is 0 Å². The van der Waals surface area contributed by atoms with E-state index < -0.39 is 11.6 Å². The highest BCUT2D eigenvalue weighted by Crippen LogP contribution is 2.26. The molecule has 0 radical (unpaired) electrons. The minimum Gasteiger partial charge on any atom is -0.436 e. The molecule has 0 bridgehead atoms. The van der Waals surface area contributed by atoms with Crippen molar-refractivity contribution in [1.82, 2.24) is 9.97 Å². The van der Waals surface area contributed by atoms with Gasteiger partial charge in [0.25, 0.3) is 0 Å². The molecule has 0 amide bonds. The van der Waals surface area contributed by atoms with Crippen LogP contribution in [-0.4, -0.2) is 16.2 Å². The van der Waals surface area contributed by atoms with Crippen molar-refractivity contribution in [2.24, 2.45) is 0 Å². The van der Waals surface area contributed by atoms with Gasteiger partial charge in [-0.3, -0.25) is 0 Å². The number of rotatable bonds is 3. The van der Waals surface area contributed by atoms with E-state index in [1.807, 2.05) is 0 Å². The van der Waals surface area contributed by atoms with E-state index in [2.05, 4.69) is 9.97 Å². The van der Waals surface area contributed by atoms with Gasteiger partial charge in [0, 0.05) is 12.1 Å². The van der Waals surface area contributed by atoms with E-state index in [0.29, 0.717) is 5.16 Å². The van der Waals surface area contributed by atoms with Crippen molar-refractivity contribution in [3.8, 4) is 11.6 Å². The Bertz CT molecular complexity index is 583. The van der Waals surface area contributed by atoms with Crippen molar-refractivity contribution in [2.45, 2.75) is 5.16 Å². The molecule has 0 aliphatic rings. The van der Waals surface area contributed by atoms with Gasteiger partial charge in [-0.1, -0.05) is 23.4 Å². The number of halogens is 3. The maximum absolute atomic E-state index is 13.4. The quantitative estimate of drug-likeness (QED) is 0.487. The van der Waals surface area contributed by atoms with E-state index in [-0.39, 0.29) is 16.8 Å². The molecule has 1 heterocycles. The Labute approximate surface area is 111 Å². The van der Waals surface area contributed by atoms with Crippen LogP contribution in [0.15, 0.2) is 29.4 Å². The van der Waals surface area contributed by atoms with Crippen LogP contribution in [0.2, 0.25) is 5.15 Å². The van der Waals surface area contributed by atoms with Gasteiger partial charge >= 0.3 is 0 Å². The average molecular weight is 289 g/mol. The first-order chi connectivity index (χ1) is 8.58. The molecule has 1 aromatic carbocycles. The van der Waals surface area contributed by atoms with Crippen LogP contribution < -0.4 is 4.74 Å². The maximum atomic E-state index is 13.4. The van der Waals surface area contributed by atoms with Gasteiger partial charge in [-0.15, -0.1) is 0 Å². The van der Waals surface area contributed by atoms with Crippen LogP contribution in [0.5, 0.6) is 11.6 Å². The zero-order valence-electron chi connectivity index (χ0n) is 9.15. The summed E-state index contributed by atoms with van der Waals surface area (Å²) >= 11 is 7.04. The number of benzene rings is 1. The van der Waals surface area contributed by atoms with E-state index >= 15 is 0 Å². The van der Waals surface area contributed by atoms with Gasteiger partial charge in [0.05, 0.1) is 0 Å². The number of ether oxygens (including phenoxy) is 1. The third-order valence-corrected chi connectivity index (χ3v) is 2.68. The SMILES string of the molecule is CSc1nc(Cl)cc(Oc2ccc(F)cc2F)n1. The summed E-state index contributed by atoms with van der Waals surface area (Å²) in [6.07, 6.45) is 1.77. The lowest BCUT2D eigenvalue weighted by Crippen LogP contribution is -1.94. The van der Waals surface area contributed by atoms with Crippen LogP contribution in [0, 0.1) is 11.6 Å². The summed E-state index contributed by atoms with van der Waals surface area (Å²) in [5.74, 6) is -1.51. The van der Waals surface area contributed by atoms with Crippen molar-refractivity contribution in [1.29, 1.82) is 0 Å². The Balaban J connectivity index is 2.30. The van der Waals surface area contributed by atoms with Crippen LogP contribution in [0.3, 0.4) is 0 Å². The summed E-state index contributed by atoms with van der Waals surface area (Å²) in [6, 6.07) is 4.35. The summed E-state index contributed by atoms with van der Waals surface area (Å²) < 4.78 is 31.3. The average Bonchev–Trinajstić information content (AvgIpc) is 2.32. The van der Waals surface area contributed by atoms with Gasteiger partial charge < -0.3 is 4.74 Å². The second-order valence-electron chi connectivity index (χ2n) is 3.19. The van der Waals surface area contributed by atoms with Crippen molar-refractivity contribution < 1.29 is 13.5 Å². The molecule has 0 atom stereocenters. The van der Waals surface area contributed by atoms with E-state index in [0.717, 1.165) is 12.1 Å². The molecule has 0 aliphatic heterocycles. The van der Waals surface area contributed by atoms with Gasteiger partial charge in [0.1, 0.15) is 11.0 Å². The van der Waals surface area contributed by atoms with E-state index in [4.69, 9.17) is 16.3 Å². The van der Waals surface area contributed by atoms with Crippen LogP contribution in [-0.2, 0) is 0 Å². The number of hydrogen-bond acceptors (Lipinski definition) is 4. The number of hydrogen-bond donors (Lipinski definition) is 0. The molecule has 0 saturated carbocycles. The lowest BCUT2D eigenvalue weighted by atomic mass is 10.3. The van der Waals surface area contributed by atoms with Crippen molar-refractivity contribution in [2.75, 3.05) is 6.26 Å². The molecule has 2 rings (SSSR count). The van der Waals surface area contributed by atoms with Crippen LogP contribution in [0.1, 0.15) is 0 Å². The van der Waals surface area contributed by atoms with Crippen molar-refractivity contribution in [3.63, 3.8) is 0 Å². The molecule has 0 N–H and O–H groups in total. The Morgan fingerprint density at radius 1 is 1.22 bits per heavy atom. The molecular formula is C11H7ClF2N2OS. The molecule has 2 aromatic rings. The standard InChI is InChI=1S/C11H7ClF2N2OS/c1-18-11-15-9(12)5-10(16-11)17-8-3-2-6(13)4-7(8)14/h2-5H,1H3. The highest BCUT2D eigenvalue weighted by Gasteiger charge is 2.09. The summed E-state index contributed by atoms with van der Waals surface area (Å²) in [5.41, 5.74) is 0. The topological polar surface area (TPSA) is 35.0 Å². The minimum atomic E-state index is -0.810. The van der Waals surface area contributed by atoms with Crippen molar-refractivity contribution >= 4 is 23.4 Å². The normalized spacial score (nSPS) is 10.4. The van der Waals surface area contributed by atoms with Gasteiger partial charge in [0.2, 0.25) is 5.88 Å². The molecule has 0 aliphatic carbocycles. The molecule has 0 saturated heterocycles. The van der Waals surface area contributed by atoms with E-state index in [9.17, 15) is 8.78 Å². The van der Waals surface area contributed by atoms with Gasteiger partial charge in [-0.05, 0) is 18.4 Å². The monoisotopic (exact) mass is 288 g/mol. The summed E-state index contributed by atoms with van der Waals surface area (Å²) in [7, 11) is 0. The molecule has 0 unspecified atom stereocenters. The van der Waals surface area contributed by atoms with Crippen molar-refractivity contribution in [3.05, 3.63) is 41.1 Å². The van der Waals surface area contributed by atoms with Gasteiger partial charge in [-0.25, -0.2) is 13.8 Å². The third kappa shape index (κ3) is 3.08. The highest BCUT2D eigenvalue weighted by molar-refractivity contribution is 7.98. The summed E-state index contributed by atoms with van der Waals surface area (Å²) in [6.45, 7) is 0. The third-order valence-electron chi connectivity index (χ3n) is 1.94. The van der Waals surface area contributed by atoms with E-state index in [1.54, 1.807) is 6.26 Å². The smallest absolute Gasteiger partial charge is 0.224 e. The zero-order chi connectivity index (χ0) is 13.1. The predicted molar refractivity (Wildman–Crippen MR) is 65.3 cm³/mol. The molecule has 0 spiro atoms. The Morgan fingerprint density at radius 3 is 2.67 bits per heavy atom. The lowest BCUT2D eigenvalue weighted by molar-refractivity contribution is 0.419. The maximum Gasteiger partial charge on any atom is 0.224 e. The predicted octanol–water partition coefficient (Wildman–Crippen LogP) is 3.92. The lowest BCUT2D eigenvalue weighted by Gasteiger charge is -2.06. The fraction of sp³-hybridized carbons (Fsp3) is 0.0909. The molecule has 1 aromatic heterocycles. The molecule has 94 valence electrons. The minimum absolute atomic E-state index is 0.102. The summed E-state index contributed by atoms with van der Waals surface area (Å²) in [4.78, 5) is 7.91. The Hall–Kier alpha value is -1.40. The van der Waals surface area contributed by atoms with E-state index in [1.165, 1.54) is 23.9 Å². The van der Waals surface area contributed by atoms with Crippen LogP contribution in [0.4, 0.5) is 8.78 Å². The molecule has 18 heavy (non-hydrogen) atoms. The van der Waals surface area contributed by atoms with Gasteiger partial charge in [0.15, 0.2) is 16.7 Å². The highest BCUT2D eigenvalue weighted by atomic mass is 35.5. The molecule has 3 nitrogen and oxygen atoms in total. The largest absolute Gasteiger partial charge is 0.436 e. The first-order valence-corrected chi connectivity index (χ1v) is 6.40. The molecule has 7 heteroatoms. The first-order valence-electron chi connectivity index (χ1n) is 4.80. The summed E-state index contributed by atoms with van der Waals surface area (Å²) in [5, 5.41) is 0.590. The second-order valence-corrected chi connectivity index (χ2v) is 4.35. The Kier molecular flexibility index (Phi) is 3.98. The van der Waals surface area contributed by atoms with Crippen LogP contribution >= 0.6 is 23.4 Å². The molecular weight excluding hydrogens is 282 g/mol. The number of thioether (sulfide) groups is 1.